The van der Waals surface area contributed by atoms with Crippen LogP contribution in [0, 0.1) is 6.92 Å². The lowest BCUT2D eigenvalue weighted by Crippen LogP contribution is -2.28. The van der Waals surface area contributed by atoms with Gasteiger partial charge in [0.15, 0.2) is 0 Å². The van der Waals surface area contributed by atoms with Gasteiger partial charge in [-0.25, -0.2) is 4.98 Å². The third kappa shape index (κ3) is 5.61. The molecule has 0 atom stereocenters. The van der Waals surface area contributed by atoms with E-state index in [2.05, 4.69) is 43.4 Å². The Hall–Kier alpha value is -4.40. The summed E-state index contributed by atoms with van der Waals surface area (Å²) in [5, 5.41) is 1.46. The zero-order valence-corrected chi connectivity index (χ0v) is 22.1. The standard InChI is InChI=1S/C29H28ClN7O/c1-19-28(29(30)26(17-31-19)35-36-34-23-7-5-4-6-8-23)22-13-21-15-33-27(14-25(21)32-16-22)37(2)18-20-9-11-24(38-3)12-10-20/h4-17,34-36H,18H2,1-3H3. The van der Waals surface area contributed by atoms with Gasteiger partial charge in [-0.2, -0.15) is 0 Å². The Morgan fingerprint density at radius 3 is 2.45 bits per heavy atom. The van der Waals surface area contributed by atoms with Crippen LogP contribution in [-0.2, 0) is 6.54 Å². The molecular formula is C29H28ClN7O. The first-order valence-corrected chi connectivity index (χ1v) is 12.5. The highest BCUT2D eigenvalue weighted by Crippen LogP contribution is 2.36. The summed E-state index contributed by atoms with van der Waals surface area (Å²) >= 11 is 6.82. The fourth-order valence-corrected chi connectivity index (χ4v) is 4.48. The molecule has 0 aliphatic carbocycles. The van der Waals surface area contributed by atoms with Gasteiger partial charge < -0.3 is 20.5 Å². The Balaban J connectivity index is 1.34. The summed E-state index contributed by atoms with van der Waals surface area (Å²) in [6, 6.07) is 21.8. The van der Waals surface area contributed by atoms with E-state index in [1.165, 1.54) is 0 Å². The van der Waals surface area contributed by atoms with E-state index in [9.17, 15) is 0 Å². The fourth-order valence-electron chi connectivity index (χ4n) is 4.13. The molecule has 5 rings (SSSR count). The Labute approximate surface area is 226 Å². The zero-order valence-electron chi connectivity index (χ0n) is 21.4. The smallest absolute Gasteiger partial charge is 0.130 e. The fraction of sp³-hybridized carbons (Fsp3) is 0.138. The van der Waals surface area contributed by atoms with Crippen molar-refractivity contribution in [3.8, 4) is 16.9 Å². The van der Waals surface area contributed by atoms with Gasteiger partial charge in [-0.15, -0.1) is 5.53 Å². The van der Waals surface area contributed by atoms with Crippen LogP contribution in [0.5, 0.6) is 5.75 Å². The number of halogens is 1. The van der Waals surface area contributed by atoms with Crippen LogP contribution in [0.1, 0.15) is 11.3 Å². The van der Waals surface area contributed by atoms with E-state index < -0.39 is 0 Å². The molecule has 0 unspecified atom stereocenters. The lowest BCUT2D eigenvalue weighted by molar-refractivity contribution is 0.414. The van der Waals surface area contributed by atoms with Gasteiger partial charge in [-0.3, -0.25) is 9.97 Å². The number of nitrogens with one attached hydrogen (secondary N) is 3. The molecule has 3 aromatic heterocycles. The zero-order chi connectivity index (χ0) is 26.5. The lowest BCUT2D eigenvalue weighted by Gasteiger charge is -2.19. The second kappa shape index (κ2) is 11.3. The molecule has 0 bridgehead atoms. The summed E-state index contributed by atoms with van der Waals surface area (Å²) in [5.41, 5.74) is 15.2. The van der Waals surface area contributed by atoms with Gasteiger partial charge in [0.2, 0.25) is 0 Å². The molecule has 8 nitrogen and oxygen atoms in total. The Morgan fingerprint density at radius 2 is 1.68 bits per heavy atom. The van der Waals surface area contributed by atoms with Crippen LogP contribution in [-0.4, -0.2) is 29.1 Å². The summed E-state index contributed by atoms with van der Waals surface area (Å²) in [6.45, 7) is 2.65. The van der Waals surface area contributed by atoms with Gasteiger partial charge in [0.25, 0.3) is 0 Å². The van der Waals surface area contributed by atoms with Crippen molar-refractivity contribution in [2.24, 2.45) is 0 Å². The van der Waals surface area contributed by atoms with Crippen LogP contribution < -0.4 is 26.0 Å². The van der Waals surface area contributed by atoms with Crippen molar-refractivity contribution in [2.45, 2.75) is 13.5 Å². The van der Waals surface area contributed by atoms with Crippen molar-refractivity contribution in [3.63, 3.8) is 0 Å². The van der Waals surface area contributed by atoms with Gasteiger partial charge in [0.05, 0.1) is 35.2 Å². The predicted octanol–water partition coefficient (Wildman–Crippen LogP) is 6.24. The molecule has 0 saturated carbocycles. The van der Waals surface area contributed by atoms with E-state index in [-0.39, 0.29) is 0 Å². The first-order chi connectivity index (χ1) is 18.5. The van der Waals surface area contributed by atoms with E-state index >= 15 is 0 Å². The quantitative estimate of drug-likeness (QED) is 0.195. The number of nitrogens with zero attached hydrogens (tertiary/aromatic N) is 4. The minimum absolute atomic E-state index is 0.546. The Bertz CT molecular complexity index is 1540. The molecular weight excluding hydrogens is 498 g/mol. The molecule has 2 aromatic carbocycles. The van der Waals surface area contributed by atoms with Crippen molar-refractivity contribution in [3.05, 3.63) is 102 Å². The monoisotopic (exact) mass is 525 g/mol. The highest BCUT2D eigenvalue weighted by Gasteiger charge is 2.15. The molecule has 0 saturated heterocycles. The number of hydrazine groups is 2. The van der Waals surface area contributed by atoms with E-state index in [4.69, 9.17) is 21.3 Å². The second-order valence-corrected chi connectivity index (χ2v) is 9.23. The highest BCUT2D eigenvalue weighted by atomic mass is 35.5. The van der Waals surface area contributed by atoms with Crippen molar-refractivity contribution in [2.75, 3.05) is 29.9 Å². The number of anilines is 3. The van der Waals surface area contributed by atoms with Crippen molar-refractivity contribution < 1.29 is 4.74 Å². The third-order valence-corrected chi connectivity index (χ3v) is 6.59. The number of hydrogen-bond donors (Lipinski definition) is 3. The maximum Gasteiger partial charge on any atom is 0.130 e. The van der Waals surface area contributed by atoms with Gasteiger partial charge in [-0.1, -0.05) is 41.9 Å². The van der Waals surface area contributed by atoms with Crippen LogP contribution >= 0.6 is 11.6 Å². The molecule has 0 aliphatic heterocycles. The number of methoxy groups -OCH3 is 1. The summed E-state index contributed by atoms with van der Waals surface area (Å²) < 4.78 is 5.25. The second-order valence-electron chi connectivity index (χ2n) is 8.85. The number of aromatic nitrogens is 3. The van der Waals surface area contributed by atoms with Gasteiger partial charge in [0.1, 0.15) is 11.6 Å². The van der Waals surface area contributed by atoms with E-state index in [1.54, 1.807) is 13.3 Å². The average Bonchev–Trinajstić information content (AvgIpc) is 2.95. The number of ether oxygens (including phenoxy) is 1. The predicted molar refractivity (Wildman–Crippen MR) is 154 cm³/mol. The molecule has 38 heavy (non-hydrogen) atoms. The molecule has 9 heteroatoms. The van der Waals surface area contributed by atoms with Crippen LogP contribution in [0.15, 0.2) is 85.3 Å². The largest absolute Gasteiger partial charge is 0.497 e. The number of para-hydroxylation sites is 1. The lowest BCUT2D eigenvalue weighted by atomic mass is 10.0. The molecule has 5 aromatic rings. The molecule has 0 aliphatic rings. The number of pyridine rings is 3. The average molecular weight is 526 g/mol. The Kier molecular flexibility index (Phi) is 7.53. The SMILES string of the molecule is COc1ccc(CN(C)c2cc3ncc(-c4c(C)ncc(NNNc5ccccc5)c4Cl)cc3cn2)cc1. The molecule has 3 N–H and O–H groups in total. The number of hydrogen-bond acceptors (Lipinski definition) is 8. The molecule has 3 heterocycles. The van der Waals surface area contributed by atoms with Gasteiger partial charge in [-0.05, 0) is 42.8 Å². The first kappa shape index (κ1) is 25.3. The van der Waals surface area contributed by atoms with Crippen LogP contribution in [0.25, 0.3) is 22.0 Å². The third-order valence-electron chi connectivity index (χ3n) is 6.19. The number of benzene rings is 2. The van der Waals surface area contributed by atoms with E-state index in [1.807, 2.05) is 81.0 Å². The van der Waals surface area contributed by atoms with Crippen molar-refractivity contribution in [1.82, 2.24) is 20.5 Å². The summed E-state index contributed by atoms with van der Waals surface area (Å²) in [5.74, 6) is 1.68. The highest BCUT2D eigenvalue weighted by molar-refractivity contribution is 6.36. The van der Waals surface area contributed by atoms with Crippen molar-refractivity contribution >= 4 is 39.7 Å². The number of fused-ring (bicyclic) bond motifs is 1. The van der Waals surface area contributed by atoms with Crippen molar-refractivity contribution in [1.29, 1.82) is 0 Å². The van der Waals surface area contributed by atoms with Gasteiger partial charge >= 0.3 is 0 Å². The summed E-state index contributed by atoms with van der Waals surface area (Å²) in [6.07, 6.45) is 5.36. The molecule has 0 radical (unpaired) electrons. The molecule has 0 fully saturated rings. The minimum Gasteiger partial charge on any atom is -0.497 e. The van der Waals surface area contributed by atoms with Gasteiger partial charge in [0, 0.05) is 54.3 Å². The Morgan fingerprint density at radius 1 is 0.895 bits per heavy atom. The topological polar surface area (TPSA) is 87.2 Å². The maximum atomic E-state index is 6.82. The maximum absolute atomic E-state index is 6.82. The molecule has 0 spiro atoms. The number of rotatable bonds is 9. The molecule has 192 valence electrons. The van der Waals surface area contributed by atoms with E-state index in [0.29, 0.717) is 17.3 Å². The van der Waals surface area contributed by atoms with E-state index in [0.717, 1.165) is 50.5 Å². The van der Waals surface area contributed by atoms with Crippen LogP contribution in [0.3, 0.4) is 0 Å². The first-order valence-electron chi connectivity index (χ1n) is 12.1. The number of aryl methyl sites for hydroxylation is 1. The normalized spacial score (nSPS) is 10.8. The summed E-state index contributed by atoms with van der Waals surface area (Å²) in [4.78, 5) is 16.0. The summed E-state index contributed by atoms with van der Waals surface area (Å²) in [7, 11) is 3.68. The van der Waals surface area contributed by atoms with Crippen LogP contribution in [0.4, 0.5) is 17.2 Å². The molecule has 0 amide bonds. The van der Waals surface area contributed by atoms with Crippen LogP contribution in [0.2, 0.25) is 5.02 Å². The minimum atomic E-state index is 0.546.